The molecule has 1 rings (SSSR count). The number of carbonyl (C=O) groups is 1. The van der Waals surface area contributed by atoms with E-state index in [4.69, 9.17) is 0 Å². The van der Waals surface area contributed by atoms with Crippen molar-refractivity contribution in [1.82, 2.24) is 4.98 Å². The van der Waals surface area contributed by atoms with Crippen molar-refractivity contribution in [3.05, 3.63) is 23.2 Å². The fourth-order valence-corrected chi connectivity index (χ4v) is 1.46. The van der Waals surface area contributed by atoms with E-state index in [0.29, 0.717) is 11.2 Å². The van der Waals surface area contributed by atoms with Crippen molar-refractivity contribution in [3.63, 3.8) is 0 Å². The van der Waals surface area contributed by atoms with Crippen LogP contribution in [-0.4, -0.2) is 10.9 Å². The van der Waals surface area contributed by atoms with Crippen LogP contribution in [0.4, 0.5) is 13.9 Å². The Bertz CT molecular complexity index is 358. The maximum Gasteiger partial charge on any atom is 0.266 e. The van der Waals surface area contributed by atoms with E-state index in [-0.39, 0.29) is 6.42 Å². The lowest BCUT2D eigenvalue weighted by Crippen LogP contribution is -2.09. The monoisotopic (exact) mass is 218 g/mol. The van der Waals surface area contributed by atoms with E-state index in [0.717, 1.165) is 5.69 Å². The number of hydrogen-bond acceptors (Lipinski definition) is 3. The smallest absolute Gasteiger partial charge is 0.266 e. The molecule has 14 heavy (non-hydrogen) atoms. The average Bonchev–Trinajstić information content (AvgIpc) is 2.48. The van der Waals surface area contributed by atoms with Gasteiger partial charge in [-0.05, 0) is 13.0 Å². The van der Waals surface area contributed by atoms with E-state index < -0.39 is 12.0 Å². The number of aromatic nitrogens is 1. The number of thiazole rings is 1. The molecule has 0 saturated heterocycles. The minimum atomic E-state index is -1.85. The number of hydrogen-bond donors (Lipinski definition) is 1. The Morgan fingerprint density at radius 1 is 1.71 bits per heavy atom. The summed E-state index contributed by atoms with van der Waals surface area (Å²) < 4.78 is 23.2. The van der Waals surface area contributed by atoms with Crippen molar-refractivity contribution >= 4 is 22.4 Å². The highest BCUT2D eigenvalue weighted by molar-refractivity contribution is 7.13. The quantitative estimate of drug-likeness (QED) is 0.847. The van der Waals surface area contributed by atoms with Crippen molar-refractivity contribution < 1.29 is 13.6 Å². The third-order valence-corrected chi connectivity index (χ3v) is 2.18. The molecule has 1 aromatic heterocycles. The van der Waals surface area contributed by atoms with Crippen molar-refractivity contribution in [1.29, 1.82) is 0 Å². The molecule has 0 spiro atoms. The van der Waals surface area contributed by atoms with Gasteiger partial charge in [0.05, 0.1) is 12.1 Å². The molecule has 0 atom stereocenters. The largest absolute Gasteiger partial charge is 0.302 e. The van der Waals surface area contributed by atoms with E-state index in [2.05, 4.69) is 10.3 Å². The second-order valence-corrected chi connectivity index (χ2v) is 3.40. The predicted octanol–water partition coefficient (Wildman–Crippen LogP) is 2.56. The van der Waals surface area contributed by atoms with Crippen molar-refractivity contribution in [2.24, 2.45) is 0 Å². The van der Waals surface area contributed by atoms with E-state index in [1.54, 1.807) is 12.3 Å². The minimum Gasteiger partial charge on any atom is -0.302 e. The Morgan fingerprint density at radius 3 is 2.93 bits per heavy atom. The van der Waals surface area contributed by atoms with Crippen molar-refractivity contribution in [3.8, 4) is 0 Å². The third kappa shape index (κ3) is 3.61. The molecule has 0 fully saturated rings. The molecule has 1 amide bonds. The lowest BCUT2D eigenvalue weighted by Gasteiger charge is -1.96. The maximum atomic E-state index is 11.6. The Labute approximate surface area is 83.5 Å². The maximum absolute atomic E-state index is 11.6. The van der Waals surface area contributed by atoms with Gasteiger partial charge in [0.25, 0.3) is 6.08 Å². The fourth-order valence-electron chi connectivity index (χ4n) is 0.752. The predicted molar refractivity (Wildman–Crippen MR) is 50.4 cm³/mol. The van der Waals surface area contributed by atoms with Crippen LogP contribution in [0.2, 0.25) is 0 Å². The van der Waals surface area contributed by atoms with Crippen LogP contribution in [0.1, 0.15) is 12.1 Å². The van der Waals surface area contributed by atoms with Gasteiger partial charge in [0.2, 0.25) is 5.91 Å². The molecule has 76 valence electrons. The number of aryl methyl sites for hydroxylation is 1. The van der Waals surface area contributed by atoms with Gasteiger partial charge in [0.1, 0.15) is 0 Å². The summed E-state index contributed by atoms with van der Waals surface area (Å²) in [6.07, 6.45) is -1.62. The summed E-state index contributed by atoms with van der Waals surface area (Å²) in [5.74, 6) is -0.493. The SMILES string of the molecule is Cc1csc(NC(=O)CC=C(F)F)n1. The van der Waals surface area contributed by atoms with E-state index >= 15 is 0 Å². The van der Waals surface area contributed by atoms with Gasteiger partial charge in [0, 0.05) is 5.38 Å². The summed E-state index contributed by atoms with van der Waals surface area (Å²) in [6.45, 7) is 1.79. The minimum absolute atomic E-state index is 0.332. The second-order valence-electron chi connectivity index (χ2n) is 2.54. The number of rotatable bonds is 3. The topological polar surface area (TPSA) is 42.0 Å². The summed E-state index contributed by atoms with van der Waals surface area (Å²) in [6, 6.07) is 0. The molecule has 1 heterocycles. The van der Waals surface area contributed by atoms with Gasteiger partial charge in [-0.3, -0.25) is 4.79 Å². The van der Waals surface area contributed by atoms with Gasteiger partial charge in [-0.2, -0.15) is 8.78 Å². The van der Waals surface area contributed by atoms with E-state index in [1.165, 1.54) is 11.3 Å². The highest BCUT2D eigenvalue weighted by atomic mass is 32.1. The summed E-state index contributed by atoms with van der Waals surface area (Å²) in [5.41, 5.74) is 0.789. The van der Waals surface area contributed by atoms with Gasteiger partial charge in [0.15, 0.2) is 5.13 Å². The molecule has 1 N–H and O–H groups in total. The molecule has 0 bridgehead atoms. The normalized spacial score (nSPS) is 9.64. The zero-order valence-corrected chi connectivity index (χ0v) is 8.20. The van der Waals surface area contributed by atoms with E-state index in [1.807, 2.05) is 0 Å². The summed E-state index contributed by atoms with van der Waals surface area (Å²) in [5, 5.41) is 4.60. The van der Waals surface area contributed by atoms with Gasteiger partial charge in [-0.15, -0.1) is 11.3 Å². The molecule has 0 aliphatic carbocycles. The first-order valence-corrected chi connectivity index (χ1v) is 4.69. The van der Waals surface area contributed by atoms with Crippen molar-refractivity contribution in [2.45, 2.75) is 13.3 Å². The highest BCUT2D eigenvalue weighted by Crippen LogP contribution is 2.14. The molecular formula is C8H8F2N2OS. The highest BCUT2D eigenvalue weighted by Gasteiger charge is 2.04. The van der Waals surface area contributed by atoms with Crippen LogP contribution in [-0.2, 0) is 4.79 Å². The molecule has 3 nitrogen and oxygen atoms in total. The summed E-state index contributed by atoms with van der Waals surface area (Å²) in [7, 11) is 0. The van der Waals surface area contributed by atoms with Crippen LogP contribution in [0.3, 0.4) is 0 Å². The van der Waals surface area contributed by atoms with Crippen molar-refractivity contribution in [2.75, 3.05) is 5.32 Å². The Hall–Kier alpha value is -1.30. The van der Waals surface area contributed by atoms with E-state index in [9.17, 15) is 13.6 Å². The first kappa shape index (κ1) is 10.8. The van der Waals surface area contributed by atoms with Crippen LogP contribution >= 0.6 is 11.3 Å². The number of nitrogens with one attached hydrogen (secondary N) is 1. The van der Waals surface area contributed by atoms with Gasteiger partial charge < -0.3 is 5.32 Å². The third-order valence-electron chi connectivity index (χ3n) is 1.31. The molecule has 0 unspecified atom stereocenters. The first-order chi connectivity index (χ1) is 6.58. The molecule has 0 aliphatic rings. The zero-order chi connectivity index (χ0) is 10.6. The number of halogens is 2. The number of amides is 1. The van der Waals surface area contributed by atoms with Crippen LogP contribution in [0.15, 0.2) is 17.5 Å². The number of anilines is 1. The van der Waals surface area contributed by atoms with Gasteiger partial charge in [-0.25, -0.2) is 4.98 Å². The van der Waals surface area contributed by atoms with Crippen LogP contribution in [0, 0.1) is 6.92 Å². The fraction of sp³-hybridized carbons (Fsp3) is 0.250. The molecule has 0 aliphatic heterocycles. The van der Waals surface area contributed by atoms with Crippen LogP contribution in [0.25, 0.3) is 0 Å². The average molecular weight is 218 g/mol. The zero-order valence-electron chi connectivity index (χ0n) is 7.38. The van der Waals surface area contributed by atoms with Gasteiger partial charge >= 0.3 is 0 Å². The molecule has 6 heteroatoms. The van der Waals surface area contributed by atoms with Gasteiger partial charge in [-0.1, -0.05) is 0 Å². The number of nitrogens with zero attached hydrogens (tertiary/aromatic N) is 1. The molecule has 0 radical (unpaired) electrons. The lowest BCUT2D eigenvalue weighted by molar-refractivity contribution is -0.115. The first-order valence-electron chi connectivity index (χ1n) is 3.81. The van der Waals surface area contributed by atoms with Crippen LogP contribution in [0.5, 0.6) is 0 Å². The Balaban J connectivity index is 2.45. The Morgan fingerprint density at radius 2 is 2.43 bits per heavy atom. The molecule has 0 saturated carbocycles. The molecule has 0 aromatic carbocycles. The summed E-state index contributed by atoms with van der Waals surface area (Å²) in [4.78, 5) is 15.0. The van der Waals surface area contributed by atoms with Crippen LogP contribution < -0.4 is 5.32 Å². The summed E-state index contributed by atoms with van der Waals surface area (Å²) >= 11 is 1.26. The standard InChI is InChI=1S/C8H8F2N2OS/c1-5-4-14-8(11-5)12-7(13)3-2-6(9)10/h2,4H,3H2,1H3,(H,11,12,13). The molecule has 1 aromatic rings. The Kier molecular flexibility index (Phi) is 3.70. The molecular weight excluding hydrogens is 210 g/mol. The lowest BCUT2D eigenvalue weighted by atomic mass is 10.4. The second kappa shape index (κ2) is 4.80. The number of carbonyl (C=O) groups excluding carboxylic acids is 1.